The zero-order valence-corrected chi connectivity index (χ0v) is 12.6. The number of carbonyl (C=O) groups excluding carboxylic acids is 1. The molecule has 0 radical (unpaired) electrons. The van der Waals surface area contributed by atoms with Gasteiger partial charge in [0, 0.05) is 9.13 Å². The van der Waals surface area contributed by atoms with Crippen molar-refractivity contribution in [1.29, 1.82) is 0 Å². The molecule has 0 aromatic heterocycles. The van der Waals surface area contributed by atoms with E-state index in [9.17, 15) is 4.79 Å². The first-order chi connectivity index (χ1) is 9.15. The maximum absolute atomic E-state index is 11.8. The van der Waals surface area contributed by atoms with Crippen LogP contribution in [-0.2, 0) is 0 Å². The summed E-state index contributed by atoms with van der Waals surface area (Å²) >= 11 is 2.24. The number of hydrogen-bond donors (Lipinski definition) is 1. The third-order valence-electron chi connectivity index (χ3n) is 2.56. The minimum Gasteiger partial charge on any atom is -0.267 e. The Bertz CT molecular complexity index is 589. The lowest BCUT2D eigenvalue weighted by Gasteiger charge is -2.00. The molecule has 0 aliphatic carbocycles. The van der Waals surface area contributed by atoms with E-state index in [1.54, 1.807) is 18.3 Å². The lowest BCUT2D eigenvalue weighted by molar-refractivity contribution is 0.0955. The first-order valence-corrected chi connectivity index (χ1v) is 6.89. The van der Waals surface area contributed by atoms with Crippen molar-refractivity contribution in [1.82, 2.24) is 5.43 Å². The van der Waals surface area contributed by atoms with Gasteiger partial charge >= 0.3 is 0 Å². The second-order valence-electron chi connectivity index (χ2n) is 4.12. The van der Waals surface area contributed by atoms with Crippen molar-refractivity contribution in [3.63, 3.8) is 0 Å². The number of hydrogen-bond acceptors (Lipinski definition) is 2. The molecule has 1 amide bonds. The molecule has 96 valence electrons. The number of amides is 1. The number of rotatable bonds is 3. The highest BCUT2D eigenvalue weighted by atomic mass is 127. The topological polar surface area (TPSA) is 41.5 Å². The Morgan fingerprint density at radius 2 is 1.74 bits per heavy atom. The Kier molecular flexibility index (Phi) is 4.68. The van der Waals surface area contributed by atoms with Gasteiger partial charge < -0.3 is 0 Å². The minimum absolute atomic E-state index is 0.207. The quantitative estimate of drug-likeness (QED) is 0.507. The zero-order chi connectivity index (χ0) is 13.7. The van der Waals surface area contributed by atoms with Gasteiger partial charge in [-0.3, -0.25) is 4.79 Å². The van der Waals surface area contributed by atoms with E-state index < -0.39 is 0 Å². The van der Waals surface area contributed by atoms with Crippen LogP contribution >= 0.6 is 22.6 Å². The van der Waals surface area contributed by atoms with Gasteiger partial charge in [-0.1, -0.05) is 29.8 Å². The van der Waals surface area contributed by atoms with E-state index in [1.165, 1.54) is 3.57 Å². The molecule has 0 unspecified atom stereocenters. The van der Waals surface area contributed by atoms with Crippen LogP contribution in [0.15, 0.2) is 53.6 Å². The fourth-order valence-corrected chi connectivity index (χ4v) is 1.84. The lowest BCUT2D eigenvalue weighted by Crippen LogP contribution is -2.17. The predicted molar refractivity (Wildman–Crippen MR) is 85.4 cm³/mol. The van der Waals surface area contributed by atoms with Crippen LogP contribution in [0.5, 0.6) is 0 Å². The summed E-state index contributed by atoms with van der Waals surface area (Å²) in [5, 5.41) is 3.94. The normalized spacial score (nSPS) is 10.6. The van der Waals surface area contributed by atoms with E-state index in [1.807, 2.05) is 43.3 Å². The van der Waals surface area contributed by atoms with Crippen molar-refractivity contribution in [2.75, 3.05) is 0 Å². The van der Waals surface area contributed by atoms with Crippen LogP contribution in [0, 0.1) is 10.5 Å². The van der Waals surface area contributed by atoms with Crippen molar-refractivity contribution in [2.45, 2.75) is 6.92 Å². The van der Waals surface area contributed by atoms with Crippen molar-refractivity contribution >= 4 is 34.7 Å². The van der Waals surface area contributed by atoms with E-state index in [-0.39, 0.29) is 5.91 Å². The van der Waals surface area contributed by atoms with E-state index >= 15 is 0 Å². The lowest BCUT2D eigenvalue weighted by atomic mass is 10.1. The number of benzene rings is 2. The van der Waals surface area contributed by atoms with Crippen LogP contribution in [0.1, 0.15) is 21.5 Å². The van der Waals surface area contributed by atoms with Gasteiger partial charge in [0.25, 0.3) is 5.91 Å². The van der Waals surface area contributed by atoms with Crippen LogP contribution in [0.3, 0.4) is 0 Å². The molecule has 0 aliphatic rings. The van der Waals surface area contributed by atoms with Gasteiger partial charge in [-0.25, -0.2) is 5.43 Å². The number of nitrogens with one attached hydrogen (secondary N) is 1. The van der Waals surface area contributed by atoms with Gasteiger partial charge in [-0.05, 0) is 59.3 Å². The molecule has 19 heavy (non-hydrogen) atoms. The number of halogens is 1. The van der Waals surface area contributed by atoms with Gasteiger partial charge in [0.2, 0.25) is 0 Å². The molecule has 0 spiro atoms. The van der Waals surface area contributed by atoms with Crippen LogP contribution in [0.2, 0.25) is 0 Å². The summed E-state index contributed by atoms with van der Waals surface area (Å²) in [6, 6.07) is 15.2. The van der Waals surface area contributed by atoms with E-state index in [0.717, 1.165) is 11.1 Å². The van der Waals surface area contributed by atoms with E-state index in [2.05, 4.69) is 33.1 Å². The molecular formula is C15H13IN2O. The fourth-order valence-electron chi connectivity index (χ4n) is 1.48. The van der Waals surface area contributed by atoms with Crippen molar-refractivity contribution in [3.05, 3.63) is 68.8 Å². The molecule has 0 aliphatic heterocycles. The highest BCUT2D eigenvalue weighted by Gasteiger charge is 2.02. The number of aryl methyl sites for hydroxylation is 1. The number of nitrogens with zero attached hydrogens (tertiary/aromatic N) is 1. The third-order valence-corrected chi connectivity index (χ3v) is 3.28. The van der Waals surface area contributed by atoms with Gasteiger partial charge in [-0.2, -0.15) is 5.10 Å². The Balaban J connectivity index is 1.96. The van der Waals surface area contributed by atoms with Crippen LogP contribution in [0.4, 0.5) is 0 Å². The second kappa shape index (κ2) is 6.47. The van der Waals surface area contributed by atoms with Gasteiger partial charge in [0.05, 0.1) is 6.21 Å². The van der Waals surface area contributed by atoms with Gasteiger partial charge in [0.1, 0.15) is 0 Å². The number of carbonyl (C=O) groups is 1. The van der Waals surface area contributed by atoms with Crippen LogP contribution in [-0.4, -0.2) is 12.1 Å². The first kappa shape index (κ1) is 13.7. The standard InChI is InChI=1S/C15H13IN2O/c1-11-2-6-13(7-3-11)15(19)18-17-10-12-4-8-14(16)9-5-12/h2-10H,1H3,(H,18,19)/b17-10+. The van der Waals surface area contributed by atoms with E-state index in [4.69, 9.17) is 0 Å². The van der Waals surface area contributed by atoms with Crippen molar-refractivity contribution < 1.29 is 4.79 Å². The SMILES string of the molecule is Cc1ccc(C(=O)N/N=C/c2ccc(I)cc2)cc1. The fraction of sp³-hybridized carbons (Fsp3) is 0.0667. The molecular weight excluding hydrogens is 351 g/mol. The van der Waals surface area contributed by atoms with Crippen LogP contribution < -0.4 is 5.43 Å². The number of hydrazone groups is 1. The molecule has 0 fully saturated rings. The van der Waals surface area contributed by atoms with Crippen LogP contribution in [0.25, 0.3) is 0 Å². The third kappa shape index (κ3) is 4.17. The Hall–Kier alpha value is -1.69. The van der Waals surface area contributed by atoms with Crippen molar-refractivity contribution in [2.24, 2.45) is 5.10 Å². The summed E-state index contributed by atoms with van der Waals surface area (Å²) in [5.41, 5.74) is 5.19. The molecule has 2 rings (SSSR count). The summed E-state index contributed by atoms with van der Waals surface area (Å²) in [6.07, 6.45) is 1.63. The summed E-state index contributed by atoms with van der Waals surface area (Å²) in [4.78, 5) is 11.8. The minimum atomic E-state index is -0.207. The Morgan fingerprint density at radius 1 is 1.11 bits per heavy atom. The van der Waals surface area contributed by atoms with E-state index in [0.29, 0.717) is 5.56 Å². The van der Waals surface area contributed by atoms with Gasteiger partial charge in [-0.15, -0.1) is 0 Å². The molecule has 2 aromatic rings. The summed E-state index contributed by atoms with van der Waals surface area (Å²) in [7, 11) is 0. The Labute approximate surface area is 125 Å². The smallest absolute Gasteiger partial charge is 0.267 e. The summed E-state index contributed by atoms with van der Waals surface area (Å²) in [5.74, 6) is -0.207. The molecule has 3 nitrogen and oxygen atoms in total. The zero-order valence-electron chi connectivity index (χ0n) is 10.4. The highest BCUT2D eigenvalue weighted by Crippen LogP contribution is 2.05. The van der Waals surface area contributed by atoms with Gasteiger partial charge in [0.15, 0.2) is 0 Å². The summed E-state index contributed by atoms with van der Waals surface area (Å²) < 4.78 is 1.17. The summed E-state index contributed by atoms with van der Waals surface area (Å²) in [6.45, 7) is 1.98. The highest BCUT2D eigenvalue weighted by molar-refractivity contribution is 14.1. The molecule has 0 saturated heterocycles. The molecule has 1 N–H and O–H groups in total. The second-order valence-corrected chi connectivity index (χ2v) is 5.36. The largest absolute Gasteiger partial charge is 0.271 e. The maximum Gasteiger partial charge on any atom is 0.271 e. The molecule has 0 heterocycles. The molecule has 0 atom stereocenters. The molecule has 4 heteroatoms. The first-order valence-electron chi connectivity index (χ1n) is 5.81. The predicted octanol–water partition coefficient (Wildman–Crippen LogP) is 3.36. The average molecular weight is 364 g/mol. The average Bonchev–Trinajstić information content (AvgIpc) is 2.41. The molecule has 0 saturated carbocycles. The maximum atomic E-state index is 11.8. The monoisotopic (exact) mass is 364 g/mol. The Morgan fingerprint density at radius 3 is 2.37 bits per heavy atom. The molecule has 0 bridgehead atoms. The molecule has 2 aromatic carbocycles. The van der Waals surface area contributed by atoms with Crippen molar-refractivity contribution in [3.8, 4) is 0 Å².